The van der Waals surface area contributed by atoms with Crippen LogP contribution in [0.5, 0.6) is 0 Å². The number of fused-ring (bicyclic) bond motifs is 3. The third-order valence-corrected chi connectivity index (χ3v) is 3.16. The summed E-state index contributed by atoms with van der Waals surface area (Å²) in [5.74, 6) is 1.63. The van der Waals surface area contributed by atoms with Gasteiger partial charge in [0.15, 0.2) is 0 Å². The Balaban J connectivity index is 0.000000514. The summed E-state index contributed by atoms with van der Waals surface area (Å²) in [5.41, 5.74) is 3.70. The average molecular weight is 228 g/mol. The number of benzene rings is 1. The van der Waals surface area contributed by atoms with Crippen LogP contribution in [0.3, 0.4) is 0 Å². The molecule has 17 heavy (non-hydrogen) atoms. The Labute approximate surface area is 103 Å². The zero-order chi connectivity index (χ0) is 12.4. The molecule has 1 atom stereocenters. The molecule has 1 aromatic heterocycles. The first-order valence-electron chi connectivity index (χ1n) is 6.45. The summed E-state index contributed by atoms with van der Waals surface area (Å²) in [6.07, 6.45) is 5.42. The lowest BCUT2D eigenvalue weighted by atomic mass is 9.90. The van der Waals surface area contributed by atoms with Crippen LogP contribution >= 0.6 is 0 Å². The third kappa shape index (κ3) is 2.02. The molecule has 0 amide bonds. The zero-order valence-corrected chi connectivity index (χ0v) is 11.1. The Morgan fingerprint density at radius 1 is 1.24 bits per heavy atom. The van der Waals surface area contributed by atoms with Crippen LogP contribution in [0.2, 0.25) is 0 Å². The van der Waals surface area contributed by atoms with E-state index in [1.54, 1.807) is 0 Å². The van der Waals surface area contributed by atoms with Gasteiger partial charge in [-0.3, -0.25) is 0 Å². The number of furan rings is 1. The van der Waals surface area contributed by atoms with E-state index < -0.39 is 0 Å². The van der Waals surface area contributed by atoms with E-state index in [9.17, 15) is 0 Å². The summed E-state index contributed by atoms with van der Waals surface area (Å²) in [7, 11) is 0. The quantitative estimate of drug-likeness (QED) is 0.597. The van der Waals surface area contributed by atoms with E-state index in [2.05, 4.69) is 44.2 Å². The van der Waals surface area contributed by atoms with Gasteiger partial charge in [-0.1, -0.05) is 38.5 Å². The predicted octanol–water partition coefficient (Wildman–Crippen LogP) is 5.29. The van der Waals surface area contributed by atoms with Crippen molar-refractivity contribution in [1.29, 1.82) is 0 Å². The van der Waals surface area contributed by atoms with Gasteiger partial charge in [0.2, 0.25) is 0 Å². The van der Waals surface area contributed by atoms with Crippen molar-refractivity contribution in [3.8, 4) is 0 Å². The zero-order valence-electron chi connectivity index (χ0n) is 11.1. The summed E-state index contributed by atoms with van der Waals surface area (Å²) in [5, 5.41) is 1.29. The molecule has 0 N–H and O–H groups in total. The van der Waals surface area contributed by atoms with Crippen LogP contribution in [-0.4, -0.2) is 0 Å². The smallest absolute Gasteiger partial charge is 0.135 e. The second-order valence-corrected chi connectivity index (χ2v) is 4.42. The highest BCUT2D eigenvalue weighted by atomic mass is 16.3. The summed E-state index contributed by atoms with van der Waals surface area (Å²) >= 11 is 0. The minimum absolute atomic E-state index is 0.577. The molecule has 1 heterocycles. The lowest BCUT2D eigenvalue weighted by Gasteiger charge is -2.12. The van der Waals surface area contributed by atoms with Crippen molar-refractivity contribution < 1.29 is 4.42 Å². The lowest BCUT2D eigenvalue weighted by molar-refractivity contribution is 0.586. The second kappa shape index (κ2) is 4.79. The highest BCUT2D eigenvalue weighted by Crippen LogP contribution is 2.37. The molecule has 90 valence electrons. The maximum Gasteiger partial charge on any atom is 0.135 e. The summed E-state index contributed by atoms with van der Waals surface area (Å²) in [4.78, 5) is 0. The minimum Gasteiger partial charge on any atom is -0.456 e. The molecule has 1 aliphatic rings. The highest BCUT2D eigenvalue weighted by Gasteiger charge is 2.19. The van der Waals surface area contributed by atoms with E-state index in [0.29, 0.717) is 5.92 Å². The van der Waals surface area contributed by atoms with Gasteiger partial charge in [0, 0.05) is 10.9 Å². The Hall–Kier alpha value is -1.50. The van der Waals surface area contributed by atoms with Crippen molar-refractivity contribution >= 4 is 17.0 Å². The molecule has 0 saturated carbocycles. The van der Waals surface area contributed by atoms with E-state index >= 15 is 0 Å². The molecule has 0 radical (unpaired) electrons. The van der Waals surface area contributed by atoms with Crippen LogP contribution in [0, 0.1) is 6.92 Å². The van der Waals surface area contributed by atoms with Crippen LogP contribution in [0.1, 0.15) is 50.0 Å². The van der Waals surface area contributed by atoms with Crippen LogP contribution in [0.15, 0.2) is 28.7 Å². The Morgan fingerprint density at radius 3 is 2.76 bits per heavy atom. The molecular weight excluding hydrogens is 208 g/mol. The molecule has 3 rings (SSSR count). The van der Waals surface area contributed by atoms with Crippen molar-refractivity contribution in [3.05, 3.63) is 41.2 Å². The van der Waals surface area contributed by atoms with Gasteiger partial charge < -0.3 is 4.42 Å². The Bertz CT molecular complexity index is 546. The SMILES string of the molecule is CC.Cc1ccc2oc3c(c2c1)C(C)CC=C3. The molecular formula is C16H20O. The maximum absolute atomic E-state index is 5.83. The van der Waals surface area contributed by atoms with E-state index in [0.717, 1.165) is 17.8 Å². The molecule has 0 bridgehead atoms. The first-order valence-corrected chi connectivity index (χ1v) is 6.45. The third-order valence-electron chi connectivity index (χ3n) is 3.16. The molecule has 1 aliphatic carbocycles. The fourth-order valence-electron chi connectivity index (χ4n) is 2.38. The van der Waals surface area contributed by atoms with Gasteiger partial charge >= 0.3 is 0 Å². The molecule has 0 aliphatic heterocycles. The summed E-state index contributed by atoms with van der Waals surface area (Å²) in [6.45, 7) is 8.39. The highest BCUT2D eigenvalue weighted by molar-refractivity contribution is 5.86. The first kappa shape index (κ1) is 12.0. The monoisotopic (exact) mass is 228 g/mol. The summed E-state index contributed by atoms with van der Waals surface area (Å²) in [6, 6.07) is 6.41. The van der Waals surface area contributed by atoms with Gasteiger partial charge in [0.05, 0.1) is 0 Å². The predicted molar refractivity (Wildman–Crippen MR) is 74.4 cm³/mol. The molecule has 0 saturated heterocycles. The number of allylic oxidation sites excluding steroid dienone is 1. The topological polar surface area (TPSA) is 13.1 Å². The van der Waals surface area contributed by atoms with Crippen molar-refractivity contribution in [2.24, 2.45) is 0 Å². The number of aryl methyl sites for hydroxylation is 1. The van der Waals surface area contributed by atoms with Gasteiger partial charge in [-0.25, -0.2) is 0 Å². The first-order chi connectivity index (χ1) is 8.25. The molecule has 1 nitrogen and oxygen atoms in total. The van der Waals surface area contributed by atoms with Crippen LogP contribution < -0.4 is 0 Å². The molecule has 1 aromatic carbocycles. The maximum atomic E-state index is 5.83. The van der Waals surface area contributed by atoms with Crippen LogP contribution in [0.4, 0.5) is 0 Å². The van der Waals surface area contributed by atoms with E-state index in [1.807, 2.05) is 13.8 Å². The second-order valence-electron chi connectivity index (χ2n) is 4.42. The fraction of sp³-hybridized carbons (Fsp3) is 0.375. The van der Waals surface area contributed by atoms with E-state index in [-0.39, 0.29) is 0 Å². The average Bonchev–Trinajstić information content (AvgIpc) is 2.71. The van der Waals surface area contributed by atoms with Crippen molar-refractivity contribution in [3.63, 3.8) is 0 Å². The van der Waals surface area contributed by atoms with Crippen molar-refractivity contribution in [2.75, 3.05) is 0 Å². The number of hydrogen-bond donors (Lipinski definition) is 0. The van der Waals surface area contributed by atoms with E-state index in [1.165, 1.54) is 16.5 Å². The number of hydrogen-bond acceptors (Lipinski definition) is 1. The Kier molecular flexibility index (Phi) is 3.37. The minimum atomic E-state index is 0.577. The Morgan fingerprint density at radius 2 is 2.00 bits per heavy atom. The van der Waals surface area contributed by atoms with E-state index in [4.69, 9.17) is 4.42 Å². The van der Waals surface area contributed by atoms with Crippen LogP contribution in [-0.2, 0) is 0 Å². The molecule has 0 spiro atoms. The lowest BCUT2D eigenvalue weighted by Crippen LogP contribution is -1.96. The van der Waals surface area contributed by atoms with Crippen LogP contribution in [0.25, 0.3) is 17.0 Å². The molecule has 1 unspecified atom stereocenters. The van der Waals surface area contributed by atoms with Gasteiger partial charge in [0.25, 0.3) is 0 Å². The molecule has 2 aromatic rings. The van der Waals surface area contributed by atoms with Gasteiger partial charge in [-0.15, -0.1) is 0 Å². The standard InChI is InChI=1S/C14H14O.C2H6/c1-9-6-7-12-11(8-9)14-10(2)4-3-5-13(14)15-12;1-2/h3,5-8,10H,4H2,1-2H3;1-2H3. The molecule has 1 heteroatoms. The van der Waals surface area contributed by atoms with Crippen molar-refractivity contribution in [1.82, 2.24) is 0 Å². The number of rotatable bonds is 0. The normalized spacial score (nSPS) is 17.5. The summed E-state index contributed by atoms with van der Waals surface area (Å²) < 4.78 is 5.83. The molecule has 0 fully saturated rings. The van der Waals surface area contributed by atoms with Gasteiger partial charge in [-0.2, -0.15) is 0 Å². The fourth-order valence-corrected chi connectivity index (χ4v) is 2.38. The van der Waals surface area contributed by atoms with Gasteiger partial charge in [0.1, 0.15) is 11.3 Å². The largest absolute Gasteiger partial charge is 0.456 e. The van der Waals surface area contributed by atoms with Crippen molar-refractivity contribution in [2.45, 2.75) is 40.0 Å². The van der Waals surface area contributed by atoms with Gasteiger partial charge in [-0.05, 0) is 37.5 Å².